The number of aryl methyl sites for hydroxylation is 3. The summed E-state index contributed by atoms with van der Waals surface area (Å²) in [5.74, 6) is 0.101. The number of aromatic nitrogens is 2. The number of fused-ring (bicyclic) bond motifs is 2. The molecule has 0 aliphatic heterocycles. The fourth-order valence-electron chi connectivity index (χ4n) is 3.65. The van der Waals surface area contributed by atoms with Crippen LogP contribution in [0.15, 0.2) is 52.7 Å². The molecule has 7 nitrogen and oxygen atoms in total. The second-order valence-electron chi connectivity index (χ2n) is 7.14. The highest BCUT2D eigenvalue weighted by Crippen LogP contribution is 2.40. The van der Waals surface area contributed by atoms with Crippen molar-refractivity contribution in [2.24, 2.45) is 10.2 Å². The van der Waals surface area contributed by atoms with Crippen LogP contribution in [0.4, 0.5) is 5.69 Å². The molecule has 0 saturated carbocycles. The van der Waals surface area contributed by atoms with Crippen molar-refractivity contribution in [2.45, 2.75) is 27.3 Å². The number of pyridine rings is 1. The molecule has 0 unspecified atom stereocenters. The second kappa shape index (κ2) is 7.59. The fourth-order valence-corrected chi connectivity index (χ4v) is 3.65. The molecule has 152 valence electrons. The molecule has 0 fully saturated rings. The Morgan fingerprint density at radius 1 is 1.13 bits per heavy atom. The fraction of sp³-hybridized carbons (Fsp3) is 0.217. The number of ether oxygens (including phenoxy) is 1. The van der Waals surface area contributed by atoms with Crippen LogP contribution < -0.4 is 4.74 Å². The third kappa shape index (κ3) is 3.28. The van der Waals surface area contributed by atoms with Gasteiger partial charge in [-0.25, -0.2) is 0 Å². The van der Waals surface area contributed by atoms with E-state index in [1.54, 1.807) is 23.8 Å². The predicted octanol–water partition coefficient (Wildman–Crippen LogP) is 5.46. The van der Waals surface area contributed by atoms with Crippen LogP contribution in [-0.2, 0) is 6.54 Å². The van der Waals surface area contributed by atoms with E-state index in [0.29, 0.717) is 23.2 Å². The zero-order valence-electron chi connectivity index (χ0n) is 17.3. The van der Waals surface area contributed by atoms with Gasteiger partial charge in [0.1, 0.15) is 5.75 Å². The normalized spacial score (nSPS) is 11.6. The van der Waals surface area contributed by atoms with Crippen LogP contribution in [-0.4, -0.2) is 27.7 Å². The first kappa shape index (κ1) is 19.6. The molecule has 0 spiro atoms. The highest BCUT2D eigenvalue weighted by molar-refractivity contribution is 6.07. The Balaban J connectivity index is 1.82. The van der Waals surface area contributed by atoms with Crippen molar-refractivity contribution in [3.05, 3.63) is 59.3 Å². The number of aromatic hydroxyl groups is 1. The highest BCUT2D eigenvalue weighted by Gasteiger charge is 2.18. The number of nitrogens with zero attached hydrogens (tertiary/aromatic N) is 4. The molecule has 1 N–H and O–H groups in total. The minimum Gasteiger partial charge on any atom is -0.497 e. The molecule has 0 radical (unpaired) electrons. The first-order chi connectivity index (χ1) is 14.4. The molecule has 4 rings (SSSR count). The number of carbonyl (C=O) groups is 1. The van der Waals surface area contributed by atoms with Gasteiger partial charge in [-0.15, -0.1) is 10.2 Å². The Labute approximate surface area is 173 Å². The minimum atomic E-state index is -0.490. The summed E-state index contributed by atoms with van der Waals surface area (Å²) in [6.45, 7) is 6.26. The topological polar surface area (TPSA) is 89.1 Å². The monoisotopic (exact) mass is 402 g/mol. The van der Waals surface area contributed by atoms with Crippen LogP contribution in [0, 0.1) is 13.8 Å². The smallest absolute Gasteiger partial charge is 0.296 e. The summed E-state index contributed by atoms with van der Waals surface area (Å²) in [6.07, 6.45) is 0. The SMILES string of the molecule is CCn1c(O)c(N=NC(=O)c2cc(C)nc3ccc(C)cc23)c2cc(OC)ccc21. The molecule has 2 aromatic heterocycles. The number of azo groups is 1. The van der Waals surface area contributed by atoms with Gasteiger partial charge in [0.2, 0.25) is 5.88 Å². The molecule has 0 saturated heterocycles. The second-order valence-corrected chi connectivity index (χ2v) is 7.14. The van der Waals surface area contributed by atoms with Crippen molar-refractivity contribution in [3.8, 4) is 11.6 Å². The van der Waals surface area contributed by atoms with Gasteiger partial charge in [0.25, 0.3) is 5.91 Å². The molecule has 2 aromatic carbocycles. The molecule has 0 aliphatic rings. The van der Waals surface area contributed by atoms with E-state index in [0.717, 1.165) is 27.7 Å². The Morgan fingerprint density at radius 3 is 2.67 bits per heavy atom. The van der Waals surface area contributed by atoms with Crippen LogP contribution in [0.3, 0.4) is 0 Å². The Hall–Kier alpha value is -3.74. The Bertz CT molecular complexity index is 1320. The number of amides is 1. The Kier molecular flexibility index (Phi) is 4.95. The molecule has 30 heavy (non-hydrogen) atoms. The third-order valence-corrected chi connectivity index (χ3v) is 5.10. The highest BCUT2D eigenvalue weighted by atomic mass is 16.5. The number of benzene rings is 2. The van der Waals surface area contributed by atoms with E-state index >= 15 is 0 Å². The quantitative estimate of drug-likeness (QED) is 0.459. The summed E-state index contributed by atoms with van der Waals surface area (Å²) in [6, 6.07) is 12.9. The van der Waals surface area contributed by atoms with Crippen molar-refractivity contribution in [1.29, 1.82) is 0 Å². The molecule has 7 heteroatoms. The third-order valence-electron chi connectivity index (χ3n) is 5.10. The van der Waals surface area contributed by atoms with Gasteiger partial charge in [-0.05, 0) is 57.2 Å². The largest absolute Gasteiger partial charge is 0.497 e. The zero-order valence-corrected chi connectivity index (χ0v) is 17.3. The molecule has 4 aromatic rings. The van der Waals surface area contributed by atoms with Crippen molar-refractivity contribution in [2.75, 3.05) is 7.11 Å². The van der Waals surface area contributed by atoms with E-state index < -0.39 is 5.91 Å². The maximum absolute atomic E-state index is 12.9. The maximum atomic E-state index is 12.9. The summed E-state index contributed by atoms with van der Waals surface area (Å²) < 4.78 is 7.00. The number of hydrogen-bond donors (Lipinski definition) is 1. The molecule has 0 aliphatic carbocycles. The maximum Gasteiger partial charge on any atom is 0.296 e. The van der Waals surface area contributed by atoms with Gasteiger partial charge in [0, 0.05) is 23.0 Å². The zero-order chi connectivity index (χ0) is 21.4. The van der Waals surface area contributed by atoms with Gasteiger partial charge in [-0.2, -0.15) is 0 Å². The summed E-state index contributed by atoms with van der Waals surface area (Å²) in [4.78, 5) is 17.4. The summed E-state index contributed by atoms with van der Waals surface area (Å²) in [5.41, 5.74) is 3.94. The lowest BCUT2D eigenvalue weighted by Crippen LogP contribution is -1.99. The van der Waals surface area contributed by atoms with Gasteiger partial charge in [-0.1, -0.05) is 11.6 Å². The van der Waals surface area contributed by atoms with Crippen molar-refractivity contribution >= 4 is 33.4 Å². The first-order valence-corrected chi connectivity index (χ1v) is 9.66. The van der Waals surface area contributed by atoms with E-state index in [1.165, 1.54) is 0 Å². The number of hydrogen-bond acceptors (Lipinski definition) is 5. The molecule has 2 heterocycles. The van der Waals surface area contributed by atoms with Crippen LogP contribution in [0.1, 0.15) is 28.5 Å². The lowest BCUT2D eigenvalue weighted by molar-refractivity contribution is 0.0996. The first-order valence-electron chi connectivity index (χ1n) is 9.66. The minimum absolute atomic E-state index is 0.0380. The van der Waals surface area contributed by atoms with E-state index in [4.69, 9.17) is 4.74 Å². The number of carbonyl (C=O) groups excluding carboxylic acids is 1. The predicted molar refractivity (Wildman–Crippen MR) is 116 cm³/mol. The van der Waals surface area contributed by atoms with Crippen LogP contribution in [0.5, 0.6) is 11.6 Å². The van der Waals surface area contributed by atoms with Gasteiger partial charge in [0.05, 0.1) is 23.7 Å². The molecule has 1 amide bonds. The van der Waals surface area contributed by atoms with Gasteiger partial charge in [-0.3, -0.25) is 9.78 Å². The summed E-state index contributed by atoms with van der Waals surface area (Å²) in [7, 11) is 1.57. The average Bonchev–Trinajstić information content (AvgIpc) is 3.01. The van der Waals surface area contributed by atoms with E-state index in [9.17, 15) is 9.90 Å². The number of methoxy groups -OCH3 is 1. The molecular weight excluding hydrogens is 380 g/mol. The lowest BCUT2D eigenvalue weighted by atomic mass is 10.1. The van der Waals surface area contributed by atoms with Crippen molar-refractivity contribution < 1.29 is 14.6 Å². The van der Waals surface area contributed by atoms with Gasteiger partial charge < -0.3 is 14.4 Å². The molecule has 0 bridgehead atoms. The van der Waals surface area contributed by atoms with Crippen LogP contribution >= 0.6 is 0 Å². The van der Waals surface area contributed by atoms with E-state index in [2.05, 4.69) is 15.2 Å². The summed E-state index contributed by atoms with van der Waals surface area (Å²) in [5, 5.41) is 20.1. The van der Waals surface area contributed by atoms with Crippen molar-refractivity contribution in [1.82, 2.24) is 9.55 Å². The van der Waals surface area contributed by atoms with Crippen LogP contribution in [0.2, 0.25) is 0 Å². The van der Waals surface area contributed by atoms with Gasteiger partial charge >= 0.3 is 0 Å². The average molecular weight is 402 g/mol. The van der Waals surface area contributed by atoms with Gasteiger partial charge in [0.15, 0.2) is 5.69 Å². The standard InChI is InChI=1S/C23H22N4O3/c1-5-27-20-9-7-15(30-4)12-18(20)21(23(27)29)25-26-22(28)17-11-14(3)24-19-8-6-13(2)10-16(17)19/h6-12,29H,5H2,1-4H3. The Morgan fingerprint density at radius 2 is 1.93 bits per heavy atom. The number of rotatable bonds is 4. The molecular formula is C23H22N4O3. The lowest BCUT2D eigenvalue weighted by Gasteiger charge is -2.05. The molecule has 0 atom stereocenters. The summed E-state index contributed by atoms with van der Waals surface area (Å²) >= 11 is 0. The van der Waals surface area contributed by atoms with E-state index in [1.807, 2.05) is 51.1 Å². The van der Waals surface area contributed by atoms with Crippen LogP contribution in [0.25, 0.3) is 21.8 Å². The van der Waals surface area contributed by atoms with Crippen molar-refractivity contribution in [3.63, 3.8) is 0 Å². The van der Waals surface area contributed by atoms with E-state index in [-0.39, 0.29) is 11.6 Å².